The number of anilines is 2. The maximum atomic E-state index is 12.2. The van der Waals surface area contributed by atoms with Crippen LogP contribution in [0.4, 0.5) is 11.4 Å². The Balaban J connectivity index is 0.00000312. The van der Waals surface area contributed by atoms with E-state index in [0.717, 1.165) is 5.56 Å². The first kappa shape index (κ1) is 20.8. The van der Waals surface area contributed by atoms with Gasteiger partial charge in [-0.05, 0) is 35.1 Å². The van der Waals surface area contributed by atoms with E-state index in [-0.39, 0.29) is 23.7 Å². The molecule has 0 aliphatic rings. The van der Waals surface area contributed by atoms with Gasteiger partial charge in [0.1, 0.15) is 5.75 Å². The van der Waals surface area contributed by atoms with Gasteiger partial charge in [0, 0.05) is 12.5 Å². The number of halogens is 1. The zero-order valence-corrected chi connectivity index (χ0v) is 16.1. The molecule has 4 nitrogen and oxygen atoms in total. The number of carbonyl (C=O) groups excluding carboxylic acids is 1. The van der Waals surface area contributed by atoms with Crippen molar-refractivity contribution in [1.82, 2.24) is 0 Å². The molecule has 0 aromatic heterocycles. The summed E-state index contributed by atoms with van der Waals surface area (Å²) in [5.74, 6) is 0.604. The summed E-state index contributed by atoms with van der Waals surface area (Å²) in [7, 11) is 1.58. The number of nitrogens with two attached hydrogens (primary N) is 1. The molecule has 0 heterocycles. The number of nitrogens with one attached hydrogen (secondary N) is 1. The second-order valence-electron chi connectivity index (χ2n) is 6.95. The van der Waals surface area contributed by atoms with Gasteiger partial charge < -0.3 is 15.8 Å². The van der Waals surface area contributed by atoms with Crippen molar-refractivity contribution in [2.24, 2.45) is 0 Å². The number of carbonyl (C=O) groups is 1. The van der Waals surface area contributed by atoms with E-state index in [0.29, 0.717) is 30.0 Å². The van der Waals surface area contributed by atoms with Gasteiger partial charge in [0.05, 0.1) is 18.5 Å². The molecule has 0 saturated carbocycles. The van der Waals surface area contributed by atoms with Gasteiger partial charge in [-0.15, -0.1) is 12.4 Å². The molecule has 0 fully saturated rings. The Morgan fingerprint density at radius 1 is 1.12 bits per heavy atom. The second kappa shape index (κ2) is 8.77. The summed E-state index contributed by atoms with van der Waals surface area (Å²) in [5.41, 5.74) is 9.58. The Morgan fingerprint density at radius 3 is 2.32 bits per heavy atom. The zero-order valence-electron chi connectivity index (χ0n) is 15.3. The van der Waals surface area contributed by atoms with Gasteiger partial charge in [0.2, 0.25) is 5.91 Å². The normalized spacial score (nSPS) is 10.7. The number of nitrogen functional groups attached to an aromatic ring is 1. The molecule has 2 rings (SSSR count). The van der Waals surface area contributed by atoms with Crippen LogP contribution in [0.15, 0.2) is 42.5 Å². The van der Waals surface area contributed by atoms with Crippen molar-refractivity contribution in [3.8, 4) is 5.75 Å². The van der Waals surface area contributed by atoms with Crippen LogP contribution in [0, 0.1) is 0 Å². The summed E-state index contributed by atoms with van der Waals surface area (Å²) in [5, 5.41) is 2.85. The van der Waals surface area contributed by atoms with E-state index in [1.165, 1.54) is 5.56 Å². The fourth-order valence-corrected chi connectivity index (χ4v) is 2.41. The Hall–Kier alpha value is -2.20. The molecule has 5 heteroatoms. The summed E-state index contributed by atoms with van der Waals surface area (Å²) >= 11 is 0. The first-order valence-corrected chi connectivity index (χ1v) is 8.12. The lowest BCUT2D eigenvalue weighted by atomic mass is 9.86. The Labute approximate surface area is 156 Å². The molecule has 0 aliphatic heterocycles. The van der Waals surface area contributed by atoms with Crippen molar-refractivity contribution < 1.29 is 9.53 Å². The second-order valence-corrected chi connectivity index (χ2v) is 6.95. The topological polar surface area (TPSA) is 64.3 Å². The first-order valence-electron chi connectivity index (χ1n) is 8.12. The highest BCUT2D eigenvalue weighted by molar-refractivity contribution is 5.94. The van der Waals surface area contributed by atoms with Crippen LogP contribution in [-0.4, -0.2) is 13.0 Å². The maximum Gasteiger partial charge on any atom is 0.224 e. The van der Waals surface area contributed by atoms with Crippen LogP contribution in [0.2, 0.25) is 0 Å². The van der Waals surface area contributed by atoms with Crippen LogP contribution in [0.3, 0.4) is 0 Å². The van der Waals surface area contributed by atoms with Gasteiger partial charge in [-0.2, -0.15) is 0 Å². The predicted octanol–water partition coefficient (Wildman–Crippen LogP) is 4.57. The first-order chi connectivity index (χ1) is 11.3. The van der Waals surface area contributed by atoms with Crippen LogP contribution < -0.4 is 15.8 Å². The van der Waals surface area contributed by atoms with E-state index in [2.05, 4.69) is 50.4 Å². The number of aryl methyl sites for hydroxylation is 1. The molecule has 2 aromatic carbocycles. The molecular formula is C20H27ClN2O2. The van der Waals surface area contributed by atoms with E-state index < -0.39 is 0 Å². The highest BCUT2D eigenvalue weighted by atomic mass is 35.5. The smallest absolute Gasteiger partial charge is 0.224 e. The summed E-state index contributed by atoms with van der Waals surface area (Å²) in [6.45, 7) is 6.57. The fourth-order valence-electron chi connectivity index (χ4n) is 2.41. The Bertz CT molecular complexity index is 707. The van der Waals surface area contributed by atoms with E-state index in [1.54, 1.807) is 25.3 Å². The van der Waals surface area contributed by atoms with Crippen LogP contribution in [0.5, 0.6) is 5.75 Å². The van der Waals surface area contributed by atoms with E-state index in [9.17, 15) is 4.79 Å². The van der Waals surface area contributed by atoms with Gasteiger partial charge in [0.15, 0.2) is 0 Å². The molecule has 0 atom stereocenters. The number of methoxy groups -OCH3 is 1. The molecule has 0 aliphatic carbocycles. The highest BCUT2D eigenvalue weighted by Gasteiger charge is 2.13. The van der Waals surface area contributed by atoms with Gasteiger partial charge in [-0.3, -0.25) is 4.79 Å². The van der Waals surface area contributed by atoms with Crippen molar-refractivity contribution in [3.63, 3.8) is 0 Å². The van der Waals surface area contributed by atoms with Crippen molar-refractivity contribution in [2.75, 3.05) is 18.2 Å². The predicted molar refractivity (Wildman–Crippen MR) is 107 cm³/mol. The Morgan fingerprint density at radius 2 is 1.76 bits per heavy atom. The molecule has 0 radical (unpaired) electrons. The van der Waals surface area contributed by atoms with Gasteiger partial charge in [0.25, 0.3) is 0 Å². The minimum Gasteiger partial charge on any atom is -0.497 e. The average Bonchev–Trinajstić information content (AvgIpc) is 2.54. The largest absolute Gasteiger partial charge is 0.497 e. The lowest BCUT2D eigenvalue weighted by Gasteiger charge is -2.19. The van der Waals surface area contributed by atoms with Crippen molar-refractivity contribution in [3.05, 3.63) is 53.6 Å². The van der Waals surface area contributed by atoms with Crippen molar-refractivity contribution >= 4 is 29.7 Å². The molecule has 3 N–H and O–H groups in total. The molecule has 2 aromatic rings. The van der Waals surface area contributed by atoms with Crippen LogP contribution in [0.25, 0.3) is 0 Å². The SMILES string of the molecule is COc1ccc(N)c(NC(=O)CCc2ccc(C(C)(C)C)cc2)c1.Cl. The molecule has 0 saturated heterocycles. The molecule has 1 amide bonds. The minimum absolute atomic E-state index is 0. The Kier molecular flexibility index (Phi) is 7.31. The summed E-state index contributed by atoms with van der Waals surface area (Å²) in [6.07, 6.45) is 1.10. The third-order valence-electron chi connectivity index (χ3n) is 4.00. The number of ether oxygens (including phenoxy) is 1. The molecule has 0 bridgehead atoms. The van der Waals surface area contributed by atoms with Crippen LogP contribution in [0.1, 0.15) is 38.3 Å². The molecule has 0 spiro atoms. The molecule has 136 valence electrons. The standard InChI is InChI=1S/C20H26N2O2.ClH/c1-20(2,3)15-8-5-14(6-9-15)7-12-19(23)22-18-13-16(24-4)10-11-17(18)21;/h5-6,8-11,13H,7,12,21H2,1-4H3,(H,22,23);1H. The maximum absolute atomic E-state index is 12.2. The quantitative estimate of drug-likeness (QED) is 0.766. The lowest BCUT2D eigenvalue weighted by Crippen LogP contribution is -2.14. The number of hydrogen-bond acceptors (Lipinski definition) is 3. The number of benzene rings is 2. The van der Waals surface area contributed by atoms with E-state index >= 15 is 0 Å². The van der Waals surface area contributed by atoms with Gasteiger partial charge in [-0.1, -0.05) is 45.0 Å². The fraction of sp³-hybridized carbons (Fsp3) is 0.350. The number of amides is 1. The van der Waals surface area contributed by atoms with E-state index in [1.807, 2.05) is 0 Å². The number of hydrogen-bond donors (Lipinski definition) is 2. The number of rotatable bonds is 5. The highest BCUT2D eigenvalue weighted by Crippen LogP contribution is 2.25. The summed E-state index contributed by atoms with van der Waals surface area (Å²) < 4.78 is 5.15. The van der Waals surface area contributed by atoms with Crippen molar-refractivity contribution in [2.45, 2.75) is 39.0 Å². The molecule has 25 heavy (non-hydrogen) atoms. The van der Waals surface area contributed by atoms with Crippen LogP contribution >= 0.6 is 12.4 Å². The third-order valence-corrected chi connectivity index (χ3v) is 4.00. The third kappa shape index (κ3) is 5.98. The molecule has 0 unspecified atom stereocenters. The van der Waals surface area contributed by atoms with Crippen molar-refractivity contribution in [1.29, 1.82) is 0 Å². The zero-order chi connectivity index (χ0) is 17.7. The monoisotopic (exact) mass is 362 g/mol. The van der Waals surface area contributed by atoms with E-state index in [4.69, 9.17) is 10.5 Å². The lowest BCUT2D eigenvalue weighted by molar-refractivity contribution is -0.116. The summed E-state index contributed by atoms with van der Waals surface area (Å²) in [4.78, 5) is 12.2. The minimum atomic E-state index is -0.0603. The molecular weight excluding hydrogens is 336 g/mol. The summed E-state index contributed by atoms with van der Waals surface area (Å²) in [6, 6.07) is 13.7. The average molecular weight is 363 g/mol. The van der Waals surface area contributed by atoms with Gasteiger partial charge in [-0.25, -0.2) is 0 Å². The van der Waals surface area contributed by atoms with Gasteiger partial charge >= 0.3 is 0 Å². The van der Waals surface area contributed by atoms with Crippen LogP contribution in [-0.2, 0) is 16.6 Å².